The Labute approximate surface area is 113 Å². The normalized spacial score (nSPS) is 14.2. The first-order valence-electron chi connectivity index (χ1n) is 6.34. The Morgan fingerprint density at radius 1 is 1.11 bits per heavy atom. The van der Waals surface area contributed by atoms with E-state index in [-0.39, 0.29) is 0 Å². The molecule has 0 aliphatic heterocycles. The quantitative estimate of drug-likeness (QED) is 0.916. The summed E-state index contributed by atoms with van der Waals surface area (Å²) in [6.07, 6.45) is 3.81. The lowest BCUT2D eigenvalue weighted by Gasteiger charge is -2.24. The van der Waals surface area contributed by atoms with Crippen molar-refractivity contribution in [2.75, 3.05) is 0 Å². The highest BCUT2D eigenvalue weighted by molar-refractivity contribution is 5.24. The molecule has 0 saturated carbocycles. The minimum atomic E-state index is -0.991. The van der Waals surface area contributed by atoms with E-state index in [0.717, 1.165) is 28.3 Å². The molecule has 0 unspecified atom stereocenters. The second kappa shape index (κ2) is 5.05. The van der Waals surface area contributed by atoms with Crippen molar-refractivity contribution < 1.29 is 5.11 Å². The highest BCUT2D eigenvalue weighted by Gasteiger charge is 2.25. The summed E-state index contributed by atoms with van der Waals surface area (Å²) in [5.41, 5.74) is 3.33. The maximum atomic E-state index is 10.6. The van der Waals surface area contributed by atoms with Crippen molar-refractivity contribution in [2.45, 2.75) is 39.7 Å². The third-order valence-corrected chi connectivity index (χ3v) is 3.37. The fourth-order valence-electron chi connectivity index (χ4n) is 2.04. The van der Waals surface area contributed by atoms with Gasteiger partial charge >= 0.3 is 0 Å². The number of aromatic nitrogens is 3. The van der Waals surface area contributed by atoms with Gasteiger partial charge in [0.25, 0.3) is 0 Å². The molecule has 0 fully saturated rings. The van der Waals surface area contributed by atoms with E-state index in [1.165, 1.54) is 0 Å². The molecule has 0 aliphatic carbocycles. The molecule has 4 nitrogen and oxygen atoms in total. The Bertz CT molecular complexity index is 579. The van der Waals surface area contributed by atoms with E-state index in [9.17, 15) is 5.11 Å². The van der Waals surface area contributed by atoms with Gasteiger partial charge in [-0.25, -0.2) is 0 Å². The molecule has 0 aliphatic rings. The van der Waals surface area contributed by atoms with Crippen molar-refractivity contribution in [1.29, 1.82) is 0 Å². The number of rotatable bonds is 3. The Morgan fingerprint density at radius 2 is 1.79 bits per heavy atom. The van der Waals surface area contributed by atoms with Crippen LogP contribution in [0.5, 0.6) is 0 Å². The zero-order valence-electron chi connectivity index (χ0n) is 11.8. The number of aryl methyl sites for hydroxylation is 3. The van der Waals surface area contributed by atoms with Gasteiger partial charge in [-0.3, -0.25) is 15.0 Å². The van der Waals surface area contributed by atoms with E-state index in [2.05, 4.69) is 15.0 Å². The van der Waals surface area contributed by atoms with E-state index < -0.39 is 5.60 Å². The lowest BCUT2D eigenvalue weighted by Crippen LogP contribution is -2.26. The first-order chi connectivity index (χ1) is 8.90. The molecule has 2 aromatic heterocycles. The van der Waals surface area contributed by atoms with Gasteiger partial charge in [-0.1, -0.05) is 6.07 Å². The molecule has 1 N–H and O–H groups in total. The Balaban J connectivity index is 2.33. The van der Waals surface area contributed by atoms with Crippen LogP contribution in [0.15, 0.2) is 24.5 Å². The summed E-state index contributed by atoms with van der Waals surface area (Å²) < 4.78 is 0. The third kappa shape index (κ3) is 2.96. The summed E-state index contributed by atoms with van der Waals surface area (Å²) in [4.78, 5) is 13.1. The smallest absolute Gasteiger partial charge is 0.0939 e. The molecule has 0 bridgehead atoms. The third-order valence-electron chi connectivity index (χ3n) is 3.37. The first-order valence-corrected chi connectivity index (χ1v) is 6.34. The van der Waals surface area contributed by atoms with E-state index in [1.807, 2.05) is 32.9 Å². The second-order valence-electron chi connectivity index (χ2n) is 5.12. The molecule has 2 heterocycles. The highest BCUT2D eigenvalue weighted by Crippen LogP contribution is 2.25. The molecule has 0 saturated heterocycles. The van der Waals surface area contributed by atoms with Gasteiger partial charge in [-0.15, -0.1) is 0 Å². The van der Waals surface area contributed by atoms with Crippen molar-refractivity contribution in [2.24, 2.45) is 0 Å². The fraction of sp³-hybridized carbons (Fsp3) is 0.400. The molecule has 0 spiro atoms. The van der Waals surface area contributed by atoms with Crippen LogP contribution in [0.25, 0.3) is 0 Å². The van der Waals surface area contributed by atoms with Crippen molar-refractivity contribution in [3.8, 4) is 0 Å². The van der Waals surface area contributed by atoms with E-state index in [0.29, 0.717) is 6.42 Å². The molecule has 4 heteroatoms. The Morgan fingerprint density at radius 3 is 2.42 bits per heavy atom. The van der Waals surface area contributed by atoms with Gasteiger partial charge < -0.3 is 5.11 Å². The van der Waals surface area contributed by atoms with Crippen molar-refractivity contribution in [3.05, 3.63) is 52.9 Å². The average Bonchev–Trinajstić information content (AvgIpc) is 2.37. The standard InChI is InChI=1S/C15H19N3O/c1-10-11(2)18-14(12(3)17-10)8-15(4,19)13-6-5-7-16-9-13/h5-7,9,19H,8H2,1-4H3/t15-/m1/s1. The van der Waals surface area contributed by atoms with Crippen LogP contribution < -0.4 is 0 Å². The summed E-state index contributed by atoms with van der Waals surface area (Å²) in [7, 11) is 0. The number of hydrogen-bond donors (Lipinski definition) is 1. The first kappa shape index (κ1) is 13.6. The van der Waals surface area contributed by atoms with Gasteiger partial charge in [-0.05, 0) is 33.8 Å². The highest BCUT2D eigenvalue weighted by atomic mass is 16.3. The molecule has 100 valence electrons. The van der Waals surface area contributed by atoms with Crippen molar-refractivity contribution >= 4 is 0 Å². The zero-order chi connectivity index (χ0) is 14.0. The summed E-state index contributed by atoms with van der Waals surface area (Å²) in [6.45, 7) is 7.58. The lowest BCUT2D eigenvalue weighted by molar-refractivity contribution is 0.0559. The van der Waals surface area contributed by atoms with Gasteiger partial charge in [0.05, 0.1) is 28.4 Å². The number of nitrogens with zero attached hydrogens (tertiary/aromatic N) is 3. The van der Waals surface area contributed by atoms with Crippen LogP contribution in [0.1, 0.15) is 35.3 Å². The summed E-state index contributed by atoms with van der Waals surface area (Å²) in [5, 5.41) is 10.6. The van der Waals surface area contributed by atoms with Crippen LogP contribution in [0.4, 0.5) is 0 Å². The maximum absolute atomic E-state index is 10.6. The zero-order valence-corrected chi connectivity index (χ0v) is 11.8. The molecule has 0 radical (unpaired) electrons. The van der Waals surface area contributed by atoms with Gasteiger partial charge in [0.2, 0.25) is 0 Å². The molecule has 2 aromatic rings. The number of hydrogen-bond acceptors (Lipinski definition) is 4. The van der Waals surface area contributed by atoms with Crippen LogP contribution in [-0.4, -0.2) is 20.1 Å². The minimum Gasteiger partial charge on any atom is -0.385 e. The summed E-state index contributed by atoms with van der Waals surface area (Å²) >= 11 is 0. The van der Waals surface area contributed by atoms with Crippen LogP contribution in [0.3, 0.4) is 0 Å². The van der Waals surface area contributed by atoms with Gasteiger partial charge in [0.1, 0.15) is 0 Å². The monoisotopic (exact) mass is 257 g/mol. The van der Waals surface area contributed by atoms with E-state index >= 15 is 0 Å². The SMILES string of the molecule is Cc1nc(C)c(C[C@@](C)(O)c2cccnc2)nc1C. The van der Waals surface area contributed by atoms with Crippen LogP contribution in [0.2, 0.25) is 0 Å². The molecule has 2 rings (SSSR count). The van der Waals surface area contributed by atoms with Crippen molar-refractivity contribution in [1.82, 2.24) is 15.0 Å². The summed E-state index contributed by atoms with van der Waals surface area (Å²) in [6, 6.07) is 3.69. The average molecular weight is 257 g/mol. The van der Waals surface area contributed by atoms with E-state index in [1.54, 1.807) is 19.3 Å². The van der Waals surface area contributed by atoms with Crippen LogP contribution >= 0.6 is 0 Å². The minimum absolute atomic E-state index is 0.429. The Kier molecular flexibility index (Phi) is 3.62. The molecular weight excluding hydrogens is 238 g/mol. The molecule has 1 atom stereocenters. The fourth-order valence-corrected chi connectivity index (χ4v) is 2.04. The number of pyridine rings is 1. The topological polar surface area (TPSA) is 58.9 Å². The molecule has 0 amide bonds. The summed E-state index contributed by atoms with van der Waals surface area (Å²) in [5.74, 6) is 0. The largest absolute Gasteiger partial charge is 0.385 e. The van der Waals surface area contributed by atoms with E-state index in [4.69, 9.17) is 0 Å². The van der Waals surface area contributed by atoms with Gasteiger partial charge in [0, 0.05) is 24.4 Å². The maximum Gasteiger partial charge on any atom is 0.0939 e. The number of aliphatic hydroxyl groups is 1. The van der Waals surface area contributed by atoms with Gasteiger partial charge in [0.15, 0.2) is 0 Å². The van der Waals surface area contributed by atoms with Crippen LogP contribution in [0, 0.1) is 20.8 Å². The van der Waals surface area contributed by atoms with Crippen LogP contribution in [-0.2, 0) is 12.0 Å². The second-order valence-corrected chi connectivity index (χ2v) is 5.12. The van der Waals surface area contributed by atoms with Gasteiger partial charge in [-0.2, -0.15) is 0 Å². The predicted molar refractivity (Wildman–Crippen MR) is 73.8 cm³/mol. The predicted octanol–water partition coefficient (Wildman–Crippen LogP) is 2.25. The van der Waals surface area contributed by atoms with Crippen molar-refractivity contribution in [3.63, 3.8) is 0 Å². The Hall–Kier alpha value is -1.81. The molecule has 19 heavy (non-hydrogen) atoms. The molecule has 0 aromatic carbocycles. The molecular formula is C15H19N3O. The lowest BCUT2D eigenvalue weighted by atomic mass is 9.91.